The van der Waals surface area contributed by atoms with Crippen molar-refractivity contribution in [3.8, 4) is 0 Å². The summed E-state index contributed by atoms with van der Waals surface area (Å²) in [6.45, 7) is 4.25. The van der Waals surface area contributed by atoms with Gasteiger partial charge in [0.25, 0.3) is 0 Å². The Bertz CT molecular complexity index is 646. The van der Waals surface area contributed by atoms with Crippen LogP contribution in [-0.2, 0) is 9.59 Å². The maximum atomic E-state index is 12.2. The van der Waals surface area contributed by atoms with Crippen molar-refractivity contribution in [2.45, 2.75) is 71.6 Å². The van der Waals surface area contributed by atoms with Gasteiger partial charge in [0, 0.05) is 12.3 Å². The van der Waals surface area contributed by atoms with E-state index in [4.69, 9.17) is 0 Å². The van der Waals surface area contributed by atoms with Crippen molar-refractivity contribution < 1.29 is 9.59 Å². The van der Waals surface area contributed by atoms with Crippen LogP contribution >= 0.6 is 0 Å². The van der Waals surface area contributed by atoms with Crippen molar-refractivity contribution >= 4 is 11.6 Å². The molecular formula is C22H30O2. The van der Waals surface area contributed by atoms with Crippen LogP contribution < -0.4 is 0 Å². The summed E-state index contributed by atoms with van der Waals surface area (Å²) in [6, 6.07) is 0. The predicted molar refractivity (Wildman–Crippen MR) is 93.3 cm³/mol. The molecule has 0 spiro atoms. The van der Waals surface area contributed by atoms with Crippen molar-refractivity contribution in [3.05, 3.63) is 11.6 Å². The molecule has 2 nitrogen and oxygen atoms in total. The quantitative estimate of drug-likeness (QED) is 0.698. The summed E-state index contributed by atoms with van der Waals surface area (Å²) in [6.07, 6.45) is 12.8. The van der Waals surface area contributed by atoms with Crippen LogP contribution in [0, 0.1) is 40.4 Å². The van der Waals surface area contributed by atoms with Crippen LogP contribution in [0.25, 0.3) is 0 Å². The number of allylic oxidation sites excluding steroid dienone is 1. The van der Waals surface area contributed by atoms with E-state index in [0.29, 0.717) is 28.8 Å². The summed E-state index contributed by atoms with van der Waals surface area (Å²) < 4.78 is 0. The minimum atomic E-state index is 0.259. The molecule has 4 fully saturated rings. The Morgan fingerprint density at radius 2 is 1.92 bits per heavy atom. The minimum Gasteiger partial charge on any atom is -0.300 e. The van der Waals surface area contributed by atoms with Gasteiger partial charge >= 0.3 is 0 Å². The Morgan fingerprint density at radius 3 is 2.71 bits per heavy atom. The standard InChI is InChI=1S/C22H30O2/c1-13(23)17-3-4-18-16-11-14-5-9-22(10-6-15(24)12-20(14)22)19(16)7-8-21(17,18)2/h12,14,16-19H,3-11H2,1-2H3/t14-,16+,17-,18+,19+,21-,22-/m1/s1. The molecule has 0 saturated heterocycles. The summed E-state index contributed by atoms with van der Waals surface area (Å²) in [5.74, 6) is 4.15. The second-order valence-electron chi connectivity index (χ2n) is 9.86. The maximum Gasteiger partial charge on any atom is 0.155 e. The molecule has 0 aromatic heterocycles. The van der Waals surface area contributed by atoms with Gasteiger partial charge in [0.15, 0.2) is 5.78 Å². The van der Waals surface area contributed by atoms with Gasteiger partial charge in [-0.05, 0) is 98.9 Å². The molecule has 7 atom stereocenters. The van der Waals surface area contributed by atoms with Gasteiger partial charge in [0.1, 0.15) is 5.78 Å². The highest BCUT2D eigenvalue weighted by Gasteiger charge is 2.63. The van der Waals surface area contributed by atoms with Crippen molar-refractivity contribution in [1.29, 1.82) is 0 Å². The van der Waals surface area contributed by atoms with Crippen LogP contribution in [0.15, 0.2) is 11.6 Å². The SMILES string of the molecule is CC(=O)[C@H]1CC[C@H]2[C@@H]3C[C@H]4CC[C@@]5(CCC(=O)C=C45)[C@H]3CC[C@]12C. The van der Waals surface area contributed by atoms with Crippen molar-refractivity contribution in [3.63, 3.8) is 0 Å². The third-order valence-corrected chi connectivity index (χ3v) is 9.28. The van der Waals surface area contributed by atoms with Crippen LogP contribution in [0.5, 0.6) is 0 Å². The molecule has 0 aromatic carbocycles. The van der Waals surface area contributed by atoms with Gasteiger partial charge in [-0.2, -0.15) is 0 Å². The first-order valence-electron chi connectivity index (χ1n) is 10.2. The number of Topliss-reactive ketones (excluding diaryl/α,β-unsaturated/α-hetero) is 1. The second-order valence-corrected chi connectivity index (χ2v) is 9.86. The molecule has 0 heterocycles. The molecule has 0 unspecified atom stereocenters. The lowest BCUT2D eigenvalue weighted by atomic mass is 9.46. The number of ketones is 2. The van der Waals surface area contributed by atoms with E-state index in [1.165, 1.54) is 38.5 Å². The average molecular weight is 326 g/mol. The molecule has 4 saturated carbocycles. The van der Waals surface area contributed by atoms with Gasteiger partial charge in [-0.15, -0.1) is 0 Å². The number of rotatable bonds is 1. The van der Waals surface area contributed by atoms with Crippen molar-refractivity contribution in [1.82, 2.24) is 0 Å². The molecule has 0 radical (unpaired) electrons. The van der Waals surface area contributed by atoms with Gasteiger partial charge in [0.2, 0.25) is 0 Å². The normalized spacial score (nSPS) is 52.3. The average Bonchev–Trinajstić information content (AvgIpc) is 3.02. The van der Waals surface area contributed by atoms with Gasteiger partial charge in [-0.25, -0.2) is 0 Å². The van der Waals surface area contributed by atoms with Crippen LogP contribution in [0.4, 0.5) is 0 Å². The number of hydrogen-bond donors (Lipinski definition) is 0. The third-order valence-electron chi connectivity index (χ3n) is 9.28. The number of carbonyl (C=O) groups is 2. The fourth-order valence-electron chi connectivity index (χ4n) is 8.39. The molecule has 0 aromatic rings. The maximum absolute atomic E-state index is 12.2. The third kappa shape index (κ3) is 1.73. The van der Waals surface area contributed by atoms with E-state index in [-0.39, 0.29) is 5.41 Å². The van der Waals surface area contributed by atoms with Gasteiger partial charge in [-0.3, -0.25) is 9.59 Å². The Kier molecular flexibility index (Phi) is 3.09. The number of hydrogen-bond acceptors (Lipinski definition) is 2. The monoisotopic (exact) mass is 326 g/mol. The summed E-state index contributed by atoms with van der Waals surface area (Å²) in [4.78, 5) is 24.3. The summed E-state index contributed by atoms with van der Waals surface area (Å²) >= 11 is 0. The van der Waals surface area contributed by atoms with Crippen LogP contribution in [0.1, 0.15) is 71.6 Å². The molecule has 0 amide bonds. The summed E-state index contributed by atoms with van der Waals surface area (Å²) in [5, 5.41) is 0. The van der Waals surface area contributed by atoms with E-state index >= 15 is 0 Å². The smallest absolute Gasteiger partial charge is 0.155 e. The number of fused-ring (bicyclic) bond motifs is 3. The highest BCUT2D eigenvalue weighted by molar-refractivity contribution is 5.92. The molecule has 24 heavy (non-hydrogen) atoms. The Balaban J connectivity index is 1.54. The van der Waals surface area contributed by atoms with Crippen molar-refractivity contribution in [2.75, 3.05) is 0 Å². The molecule has 2 bridgehead atoms. The van der Waals surface area contributed by atoms with E-state index < -0.39 is 0 Å². The molecular weight excluding hydrogens is 296 g/mol. The molecule has 5 rings (SSSR count). The Hall–Kier alpha value is -0.920. The first-order valence-corrected chi connectivity index (χ1v) is 10.2. The fraction of sp³-hybridized carbons (Fsp3) is 0.818. The lowest BCUT2D eigenvalue weighted by Crippen LogP contribution is -2.51. The van der Waals surface area contributed by atoms with Gasteiger partial charge in [-0.1, -0.05) is 12.5 Å². The molecule has 0 N–H and O–H groups in total. The van der Waals surface area contributed by atoms with Crippen LogP contribution in [0.2, 0.25) is 0 Å². The predicted octanol–water partition coefficient (Wildman–Crippen LogP) is 4.72. The summed E-state index contributed by atoms with van der Waals surface area (Å²) in [7, 11) is 0. The topological polar surface area (TPSA) is 34.1 Å². The zero-order valence-electron chi connectivity index (χ0n) is 15.1. The van der Waals surface area contributed by atoms with Crippen molar-refractivity contribution in [2.24, 2.45) is 40.4 Å². The lowest BCUT2D eigenvalue weighted by Gasteiger charge is -2.58. The van der Waals surface area contributed by atoms with E-state index in [0.717, 1.165) is 37.0 Å². The zero-order valence-corrected chi connectivity index (χ0v) is 15.1. The lowest BCUT2D eigenvalue weighted by molar-refractivity contribution is -0.128. The van der Waals surface area contributed by atoms with E-state index in [1.54, 1.807) is 5.57 Å². The molecule has 2 heteroatoms. The van der Waals surface area contributed by atoms with Gasteiger partial charge < -0.3 is 0 Å². The van der Waals surface area contributed by atoms with E-state index in [9.17, 15) is 9.59 Å². The largest absolute Gasteiger partial charge is 0.300 e. The highest BCUT2D eigenvalue weighted by atomic mass is 16.1. The van der Waals surface area contributed by atoms with Crippen LogP contribution in [-0.4, -0.2) is 11.6 Å². The first-order chi connectivity index (χ1) is 11.5. The fourth-order valence-corrected chi connectivity index (χ4v) is 8.39. The second kappa shape index (κ2) is 4.83. The molecule has 5 aliphatic carbocycles. The first kappa shape index (κ1) is 15.3. The highest BCUT2D eigenvalue weighted by Crippen LogP contribution is 2.71. The van der Waals surface area contributed by atoms with E-state index in [1.807, 2.05) is 6.92 Å². The number of carbonyl (C=O) groups excluding carboxylic acids is 2. The molecule has 130 valence electrons. The summed E-state index contributed by atoms with van der Waals surface area (Å²) in [5.41, 5.74) is 2.19. The molecule has 5 aliphatic rings. The molecule has 0 aliphatic heterocycles. The Labute approximate surface area is 145 Å². The van der Waals surface area contributed by atoms with Crippen LogP contribution in [0.3, 0.4) is 0 Å². The van der Waals surface area contributed by atoms with E-state index in [2.05, 4.69) is 13.0 Å². The van der Waals surface area contributed by atoms with Gasteiger partial charge in [0.05, 0.1) is 0 Å². The minimum absolute atomic E-state index is 0.259. The Morgan fingerprint density at radius 1 is 1.08 bits per heavy atom. The zero-order chi connectivity index (χ0) is 16.7.